The standard InChI is InChI=1S/C12H19F5O3/c1-3-5-7-19-10(18)9(11(13,14)15)12(16,17)20-8-6-4-2/h9H,3-8H2,1-2H3. The SMILES string of the molecule is CCCCOC(=O)C(C(F)(F)F)C(F)(F)OCCCC. The average molecular weight is 306 g/mol. The molecule has 0 aromatic carbocycles. The van der Waals surface area contributed by atoms with Gasteiger partial charge in [-0.15, -0.1) is 0 Å². The van der Waals surface area contributed by atoms with Crippen molar-refractivity contribution in [2.75, 3.05) is 13.2 Å². The highest BCUT2D eigenvalue weighted by atomic mass is 19.4. The van der Waals surface area contributed by atoms with E-state index in [0.29, 0.717) is 19.3 Å². The molecule has 20 heavy (non-hydrogen) atoms. The number of carbonyl (C=O) groups is 1. The molecule has 0 heterocycles. The molecule has 0 radical (unpaired) electrons. The molecule has 1 unspecified atom stereocenters. The third-order valence-corrected chi connectivity index (χ3v) is 2.43. The quantitative estimate of drug-likeness (QED) is 0.368. The lowest BCUT2D eigenvalue weighted by molar-refractivity contribution is -0.329. The summed E-state index contributed by atoms with van der Waals surface area (Å²) in [5.74, 6) is -5.60. The fraction of sp³-hybridized carbons (Fsp3) is 0.917. The Morgan fingerprint density at radius 2 is 1.50 bits per heavy atom. The zero-order chi connectivity index (χ0) is 15.8. The number of rotatable bonds is 9. The zero-order valence-electron chi connectivity index (χ0n) is 11.4. The monoisotopic (exact) mass is 306 g/mol. The van der Waals surface area contributed by atoms with E-state index in [4.69, 9.17) is 0 Å². The van der Waals surface area contributed by atoms with E-state index in [1.54, 1.807) is 13.8 Å². The molecule has 0 aromatic heterocycles. The molecular formula is C12H19F5O3. The smallest absolute Gasteiger partial charge is 0.410 e. The molecule has 0 aliphatic heterocycles. The molecule has 1 atom stereocenters. The first-order chi connectivity index (χ1) is 9.16. The van der Waals surface area contributed by atoms with E-state index in [-0.39, 0.29) is 13.0 Å². The van der Waals surface area contributed by atoms with Crippen LogP contribution < -0.4 is 0 Å². The van der Waals surface area contributed by atoms with Crippen molar-refractivity contribution >= 4 is 5.97 Å². The van der Waals surface area contributed by atoms with Crippen molar-refractivity contribution in [1.29, 1.82) is 0 Å². The highest BCUT2D eigenvalue weighted by molar-refractivity contribution is 5.74. The summed E-state index contributed by atoms with van der Waals surface area (Å²) in [5.41, 5.74) is 0. The van der Waals surface area contributed by atoms with Crippen molar-refractivity contribution in [2.45, 2.75) is 51.8 Å². The molecule has 0 rings (SSSR count). The van der Waals surface area contributed by atoms with Crippen molar-refractivity contribution in [1.82, 2.24) is 0 Å². The zero-order valence-corrected chi connectivity index (χ0v) is 11.4. The predicted octanol–water partition coefficient (Wildman–Crippen LogP) is 3.92. The Balaban J connectivity index is 4.82. The molecule has 0 bridgehead atoms. The van der Waals surface area contributed by atoms with Gasteiger partial charge in [-0.25, -0.2) is 0 Å². The van der Waals surface area contributed by atoms with Crippen molar-refractivity contribution < 1.29 is 36.2 Å². The number of carbonyl (C=O) groups excluding carboxylic acids is 1. The summed E-state index contributed by atoms with van der Waals surface area (Å²) >= 11 is 0. The van der Waals surface area contributed by atoms with Crippen LogP contribution in [0.5, 0.6) is 0 Å². The average Bonchev–Trinajstić information content (AvgIpc) is 2.27. The lowest BCUT2D eigenvalue weighted by Crippen LogP contribution is -2.47. The van der Waals surface area contributed by atoms with Crippen LogP contribution >= 0.6 is 0 Å². The van der Waals surface area contributed by atoms with Gasteiger partial charge in [-0.05, 0) is 12.8 Å². The lowest BCUT2D eigenvalue weighted by Gasteiger charge is -2.26. The van der Waals surface area contributed by atoms with Gasteiger partial charge in [0.1, 0.15) is 0 Å². The summed E-state index contributed by atoms with van der Waals surface area (Å²) in [7, 11) is 0. The maximum Gasteiger partial charge on any atom is 0.410 e. The van der Waals surface area contributed by atoms with Gasteiger partial charge in [-0.1, -0.05) is 26.7 Å². The second kappa shape index (κ2) is 8.39. The van der Waals surface area contributed by atoms with Gasteiger partial charge in [0, 0.05) is 0 Å². The minimum absolute atomic E-state index is 0.172. The number of esters is 1. The van der Waals surface area contributed by atoms with Gasteiger partial charge in [-0.2, -0.15) is 22.0 Å². The molecule has 0 spiro atoms. The van der Waals surface area contributed by atoms with Crippen LogP contribution in [0.15, 0.2) is 0 Å². The molecule has 0 aliphatic rings. The van der Waals surface area contributed by atoms with Crippen LogP contribution in [-0.2, 0) is 14.3 Å². The van der Waals surface area contributed by atoms with E-state index in [2.05, 4.69) is 9.47 Å². The van der Waals surface area contributed by atoms with Gasteiger partial charge in [0.05, 0.1) is 13.2 Å². The summed E-state index contributed by atoms with van der Waals surface area (Å²) in [4.78, 5) is 11.2. The van der Waals surface area contributed by atoms with E-state index >= 15 is 0 Å². The largest absolute Gasteiger partial charge is 0.465 e. The third-order valence-electron chi connectivity index (χ3n) is 2.43. The topological polar surface area (TPSA) is 35.5 Å². The molecule has 8 heteroatoms. The molecule has 0 aromatic rings. The number of hydrogen-bond donors (Lipinski definition) is 0. The van der Waals surface area contributed by atoms with Crippen molar-refractivity contribution in [3.05, 3.63) is 0 Å². The molecule has 120 valence electrons. The second-order valence-electron chi connectivity index (χ2n) is 4.26. The van der Waals surface area contributed by atoms with Gasteiger partial charge >= 0.3 is 18.3 Å². The van der Waals surface area contributed by atoms with Crippen molar-refractivity contribution in [2.24, 2.45) is 5.92 Å². The summed E-state index contributed by atoms with van der Waals surface area (Å²) < 4.78 is 72.9. The minimum atomic E-state index is -5.43. The number of ether oxygens (including phenoxy) is 2. The Hall–Kier alpha value is -0.920. The summed E-state index contributed by atoms with van der Waals surface area (Å²) in [6, 6.07) is 0. The van der Waals surface area contributed by atoms with E-state index in [1.807, 2.05) is 0 Å². The van der Waals surface area contributed by atoms with Crippen LogP contribution in [-0.4, -0.2) is 31.5 Å². The lowest BCUT2D eigenvalue weighted by atomic mass is 10.1. The Labute approximate surface area is 114 Å². The van der Waals surface area contributed by atoms with E-state index in [1.165, 1.54) is 0 Å². The highest BCUT2D eigenvalue weighted by Crippen LogP contribution is 2.40. The van der Waals surface area contributed by atoms with Gasteiger partial charge in [0.15, 0.2) is 0 Å². The van der Waals surface area contributed by atoms with Crippen LogP contribution in [0, 0.1) is 5.92 Å². The fourth-order valence-corrected chi connectivity index (χ4v) is 1.30. The van der Waals surface area contributed by atoms with Gasteiger partial charge in [-0.3, -0.25) is 4.79 Å². The van der Waals surface area contributed by atoms with E-state index in [9.17, 15) is 26.7 Å². The maximum absolute atomic E-state index is 13.4. The number of halogens is 5. The van der Waals surface area contributed by atoms with Crippen LogP contribution in [0.2, 0.25) is 0 Å². The van der Waals surface area contributed by atoms with Crippen LogP contribution in [0.25, 0.3) is 0 Å². The molecule has 3 nitrogen and oxygen atoms in total. The molecular weight excluding hydrogens is 287 g/mol. The van der Waals surface area contributed by atoms with Crippen molar-refractivity contribution in [3.63, 3.8) is 0 Å². The van der Waals surface area contributed by atoms with E-state index in [0.717, 1.165) is 0 Å². The number of alkyl halides is 5. The minimum Gasteiger partial charge on any atom is -0.465 e. The van der Waals surface area contributed by atoms with Gasteiger partial charge in [0.25, 0.3) is 0 Å². The number of hydrogen-bond acceptors (Lipinski definition) is 3. The third kappa shape index (κ3) is 6.49. The van der Waals surface area contributed by atoms with Crippen LogP contribution in [0.3, 0.4) is 0 Å². The van der Waals surface area contributed by atoms with E-state index < -0.39 is 30.8 Å². The predicted molar refractivity (Wildman–Crippen MR) is 61.2 cm³/mol. The first-order valence-corrected chi connectivity index (χ1v) is 6.41. The Morgan fingerprint density at radius 1 is 1.00 bits per heavy atom. The normalized spacial score (nSPS) is 14.2. The van der Waals surface area contributed by atoms with Gasteiger partial charge in [0.2, 0.25) is 5.92 Å². The molecule has 0 N–H and O–H groups in total. The molecule has 0 aliphatic carbocycles. The summed E-state index contributed by atoms with van der Waals surface area (Å²) in [5, 5.41) is 0. The fourth-order valence-electron chi connectivity index (χ4n) is 1.30. The Bertz CT molecular complexity index is 291. The molecule has 0 amide bonds. The molecule has 0 saturated heterocycles. The first kappa shape index (κ1) is 19.1. The molecule has 0 saturated carbocycles. The number of unbranched alkanes of at least 4 members (excludes halogenated alkanes) is 2. The Kier molecular flexibility index (Phi) is 8.00. The molecule has 0 fully saturated rings. The maximum atomic E-state index is 13.4. The Morgan fingerprint density at radius 3 is 1.95 bits per heavy atom. The van der Waals surface area contributed by atoms with Crippen molar-refractivity contribution in [3.8, 4) is 0 Å². The first-order valence-electron chi connectivity index (χ1n) is 6.41. The van der Waals surface area contributed by atoms with Gasteiger partial charge < -0.3 is 9.47 Å². The second-order valence-corrected chi connectivity index (χ2v) is 4.26. The highest BCUT2D eigenvalue weighted by Gasteiger charge is 2.62. The van der Waals surface area contributed by atoms with Crippen LogP contribution in [0.1, 0.15) is 39.5 Å². The summed E-state index contributed by atoms with van der Waals surface area (Å²) in [6.07, 6.45) is -8.54. The summed E-state index contributed by atoms with van der Waals surface area (Å²) in [6.45, 7) is 2.50. The van der Waals surface area contributed by atoms with Crippen LogP contribution in [0.4, 0.5) is 22.0 Å².